The van der Waals surface area contributed by atoms with E-state index < -0.39 is 58.9 Å². The van der Waals surface area contributed by atoms with Crippen LogP contribution in [0.25, 0.3) is 22.3 Å². The van der Waals surface area contributed by atoms with Gasteiger partial charge in [0.25, 0.3) is 0 Å². The Kier molecular flexibility index (Phi) is 12.3. The summed E-state index contributed by atoms with van der Waals surface area (Å²) >= 11 is 1.28. The van der Waals surface area contributed by atoms with Crippen molar-refractivity contribution in [3.05, 3.63) is 42.3 Å². The number of amides is 4. The number of aromatic nitrogens is 2. The van der Waals surface area contributed by atoms with Crippen molar-refractivity contribution in [3.8, 4) is 17.1 Å². The van der Waals surface area contributed by atoms with E-state index in [2.05, 4.69) is 27.5 Å². The van der Waals surface area contributed by atoms with Gasteiger partial charge in [0, 0.05) is 55.4 Å². The number of nitrogens with one attached hydrogen (secondary N) is 3. The van der Waals surface area contributed by atoms with Gasteiger partial charge < -0.3 is 40.3 Å². The van der Waals surface area contributed by atoms with Crippen LogP contribution in [0.5, 0.6) is 5.75 Å². The van der Waals surface area contributed by atoms with Gasteiger partial charge in [0.05, 0.1) is 17.8 Å². The highest BCUT2D eigenvalue weighted by Gasteiger charge is 2.61. The quantitative estimate of drug-likeness (QED) is 0.140. The zero-order valence-electron chi connectivity index (χ0n) is 35.2. The number of pyridine rings is 1. The van der Waals surface area contributed by atoms with Gasteiger partial charge >= 0.3 is 12.1 Å². The van der Waals surface area contributed by atoms with Gasteiger partial charge in [0.2, 0.25) is 17.7 Å². The third kappa shape index (κ3) is 9.97. The van der Waals surface area contributed by atoms with Gasteiger partial charge in [-0.15, -0.1) is 17.9 Å². The van der Waals surface area contributed by atoms with Crippen LogP contribution in [-0.2, 0) is 23.9 Å². The van der Waals surface area contributed by atoms with Crippen molar-refractivity contribution in [2.75, 3.05) is 30.9 Å². The van der Waals surface area contributed by atoms with Crippen LogP contribution in [0.1, 0.15) is 86.5 Å². The lowest BCUT2D eigenvalue weighted by atomic mass is 9.85. The minimum Gasteiger partial charge on any atom is -0.488 e. The molecule has 3 fully saturated rings. The maximum Gasteiger partial charge on any atom is 0.408 e. The second-order valence-electron chi connectivity index (χ2n) is 18.5. The van der Waals surface area contributed by atoms with Gasteiger partial charge in [-0.1, -0.05) is 47.6 Å². The number of aliphatic carboxylic acids is 1. The molecule has 2 saturated carbocycles. The summed E-state index contributed by atoms with van der Waals surface area (Å²) in [6, 6.07) is 5.30. The molecular weight excluding hydrogens is 775 g/mol. The Morgan fingerprint density at radius 3 is 2.37 bits per heavy atom. The summed E-state index contributed by atoms with van der Waals surface area (Å²) in [5, 5.41) is 21.5. The molecular formula is C43H57N7O8S. The molecule has 5 atom stereocenters. The molecule has 1 aliphatic heterocycles. The molecule has 59 heavy (non-hydrogen) atoms. The average Bonchev–Trinajstić information content (AvgIpc) is 3.55. The van der Waals surface area contributed by atoms with Crippen LogP contribution in [-0.4, -0.2) is 100 Å². The zero-order valence-corrected chi connectivity index (χ0v) is 36.0. The van der Waals surface area contributed by atoms with E-state index in [0.717, 1.165) is 31.4 Å². The predicted molar refractivity (Wildman–Crippen MR) is 226 cm³/mol. The second kappa shape index (κ2) is 16.8. The van der Waals surface area contributed by atoms with Gasteiger partial charge in [-0.25, -0.2) is 19.6 Å². The van der Waals surface area contributed by atoms with Crippen molar-refractivity contribution in [3.63, 3.8) is 0 Å². The molecule has 16 heteroatoms. The number of anilines is 2. The maximum absolute atomic E-state index is 14.7. The van der Waals surface area contributed by atoms with Crippen molar-refractivity contribution < 1.29 is 38.6 Å². The molecule has 1 saturated heterocycles. The molecule has 0 bridgehead atoms. The fourth-order valence-electron chi connectivity index (χ4n) is 7.78. The highest BCUT2D eigenvalue weighted by atomic mass is 32.1. The number of benzene rings is 1. The number of hydrogen-bond donors (Lipinski definition) is 4. The Morgan fingerprint density at radius 2 is 1.76 bits per heavy atom. The van der Waals surface area contributed by atoms with Crippen molar-refractivity contribution in [2.45, 2.75) is 116 Å². The predicted octanol–water partition coefficient (Wildman–Crippen LogP) is 6.38. The summed E-state index contributed by atoms with van der Waals surface area (Å²) in [4.78, 5) is 80.1. The van der Waals surface area contributed by atoms with E-state index in [9.17, 15) is 29.1 Å². The SMILES string of the molecule is C=CC1C[C@]1(NC(=O)[C@@H]1C[C@@H](Oc2cc(-c3csc(NC(=O)CC(C)(C)C)n3)nc3cc(N(C)C)ccc23)CN1C(=O)[C@@H](NC(=O)OC1CCCC1)C(C)(C)C)C(=O)O. The van der Waals surface area contributed by atoms with Crippen molar-refractivity contribution in [1.29, 1.82) is 0 Å². The fraction of sp³-hybridized carbons (Fsp3) is 0.558. The molecule has 318 valence electrons. The number of nitrogens with zero attached hydrogens (tertiary/aromatic N) is 4. The maximum atomic E-state index is 14.7. The molecule has 1 unspecified atom stereocenters. The van der Waals surface area contributed by atoms with Gasteiger partial charge in [0.1, 0.15) is 41.3 Å². The van der Waals surface area contributed by atoms with Crippen LogP contribution in [0.3, 0.4) is 0 Å². The first-order valence-corrected chi connectivity index (χ1v) is 21.1. The molecule has 2 aliphatic carbocycles. The first-order valence-electron chi connectivity index (χ1n) is 20.2. The lowest BCUT2D eigenvalue weighted by Gasteiger charge is -2.35. The fourth-order valence-corrected chi connectivity index (χ4v) is 8.50. The number of hydrogen-bond acceptors (Lipinski definition) is 11. The molecule has 3 heterocycles. The molecule has 2 aromatic heterocycles. The number of thiazole rings is 1. The van der Waals surface area contributed by atoms with Crippen LogP contribution in [0.4, 0.5) is 15.6 Å². The Hall–Kier alpha value is -5.25. The van der Waals surface area contributed by atoms with E-state index in [4.69, 9.17) is 14.5 Å². The average molecular weight is 832 g/mol. The van der Waals surface area contributed by atoms with Crippen LogP contribution in [0.2, 0.25) is 0 Å². The van der Waals surface area contributed by atoms with E-state index in [1.807, 2.05) is 78.7 Å². The Morgan fingerprint density at radius 1 is 1.05 bits per heavy atom. The van der Waals surface area contributed by atoms with Crippen LogP contribution >= 0.6 is 11.3 Å². The molecule has 1 aromatic carbocycles. The molecule has 0 spiro atoms. The number of carboxylic acid groups (broad SMARTS) is 1. The van der Waals surface area contributed by atoms with Crippen LogP contribution in [0, 0.1) is 16.7 Å². The third-order valence-electron chi connectivity index (χ3n) is 11.1. The highest BCUT2D eigenvalue weighted by molar-refractivity contribution is 7.14. The van der Waals surface area contributed by atoms with Crippen LogP contribution < -0.4 is 25.6 Å². The smallest absolute Gasteiger partial charge is 0.408 e. The first kappa shape index (κ1) is 43.3. The first-order chi connectivity index (χ1) is 27.7. The van der Waals surface area contributed by atoms with E-state index in [0.29, 0.717) is 39.6 Å². The van der Waals surface area contributed by atoms with Crippen molar-refractivity contribution in [2.24, 2.45) is 16.7 Å². The molecule has 3 aromatic rings. The molecule has 4 N–H and O–H groups in total. The van der Waals surface area contributed by atoms with E-state index in [1.165, 1.54) is 22.3 Å². The number of carbonyl (C=O) groups excluding carboxylic acids is 4. The zero-order chi connectivity index (χ0) is 43.0. The normalized spacial score (nSPS) is 22.4. The highest BCUT2D eigenvalue weighted by Crippen LogP contribution is 2.45. The lowest BCUT2D eigenvalue weighted by molar-refractivity contribution is -0.146. The Bertz CT molecular complexity index is 2120. The van der Waals surface area contributed by atoms with E-state index >= 15 is 0 Å². The topological polar surface area (TPSA) is 192 Å². The summed E-state index contributed by atoms with van der Waals surface area (Å²) in [6.45, 7) is 15.1. The summed E-state index contributed by atoms with van der Waals surface area (Å²) in [5.74, 6) is -2.53. The number of likely N-dealkylation sites (tertiary alicyclic amines) is 1. The number of alkyl carbamates (subject to hydrolysis) is 1. The number of fused-ring (bicyclic) bond motifs is 1. The standard InChI is InChI=1S/C43H57N7O8S/c1-10-24-20-43(24,38(54)55)48-36(52)32-18-27(22-50(32)37(53)35(42(5,6)7)47-40(56)58-26-13-11-12-14-26)57-33-19-30(44-29-17-25(49(8)9)15-16-28(29)33)31-23-59-39(45-31)46-34(51)21-41(2,3)4/h10,15-17,19,23-24,26-27,32,35H,1,11-14,18,20-22H2,2-9H3,(H,47,56)(H,48,52)(H,54,55)(H,45,46,51)/t24?,27-,32+,35-,43-/m1/s1. The monoisotopic (exact) mass is 831 g/mol. The van der Waals surface area contributed by atoms with Crippen molar-refractivity contribution in [1.82, 2.24) is 25.5 Å². The third-order valence-corrected chi connectivity index (χ3v) is 11.9. The molecule has 4 amide bonds. The molecule has 15 nitrogen and oxygen atoms in total. The number of ether oxygens (including phenoxy) is 2. The number of rotatable bonds is 13. The van der Waals surface area contributed by atoms with E-state index in [1.54, 1.807) is 11.4 Å². The Balaban J connectivity index is 1.32. The summed E-state index contributed by atoms with van der Waals surface area (Å²) < 4.78 is 12.4. The molecule has 3 aliphatic rings. The van der Waals surface area contributed by atoms with E-state index in [-0.39, 0.29) is 36.8 Å². The van der Waals surface area contributed by atoms with Crippen molar-refractivity contribution >= 4 is 62.8 Å². The summed E-state index contributed by atoms with van der Waals surface area (Å²) in [6.07, 6.45) is 3.81. The Labute approximate surface area is 349 Å². The minimum absolute atomic E-state index is 0.0327. The number of carbonyl (C=O) groups is 5. The summed E-state index contributed by atoms with van der Waals surface area (Å²) in [5.41, 5.74) is -0.00652. The minimum atomic E-state index is -1.53. The second-order valence-corrected chi connectivity index (χ2v) is 19.3. The van der Waals surface area contributed by atoms with Gasteiger partial charge in [-0.2, -0.15) is 0 Å². The van der Waals surface area contributed by atoms with Crippen LogP contribution in [0.15, 0.2) is 42.3 Å². The molecule has 0 radical (unpaired) electrons. The molecule has 6 rings (SSSR count). The van der Waals surface area contributed by atoms with Gasteiger partial charge in [-0.05, 0) is 61.1 Å². The van der Waals surface area contributed by atoms with Gasteiger partial charge in [-0.3, -0.25) is 14.4 Å². The number of carboxylic acids is 1. The van der Waals surface area contributed by atoms with Gasteiger partial charge in [0.15, 0.2) is 5.13 Å². The lowest BCUT2D eigenvalue weighted by Crippen LogP contribution is -2.59. The largest absolute Gasteiger partial charge is 0.488 e. The summed E-state index contributed by atoms with van der Waals surface area (Å²) in [7, 11) is 3.85.